The molecule has 7 heteroatoms. The van der Waals surface area contributed by atoms with Gasteiger partial charge in [-0.2, -0.15) is 0 Å². The van der Waals surface area contributed by atoms with Gasteiger partial charge in [0.25, 0.3) is 0 Å². The van der Waals surface area contributed by atoms with Crippen molar-refractivity contribution < 1.29 is 28.6 Å². The zero-order chi connectivity index (χ0) is 24.4. The van der Waals surface area contributed by atoms with Gasteiger partial charge < -0.3 is 9.84 Å². The van der Waals surface area contributed by atoms with Crippen LogP contribution in [0.3, 0.4) is 0 Å². The summed E-state index contributed by atoms with van der Waals surface area (Å²) in [4.78, 5) is 38.0. The van der Waals surface area contributed by atoms with Crippen LogP contribution in [0.15, 0.2) is 23.8 Å². The van der Waals surface area contributed by atoms with Gasteiger partial charge in [-0.3, -0.25) is 14.4 Å². The van der Waals surface area contributed by atoms with Crippen LogP contribution in [0.1, 0.15) is 66.2 Å². The number of aliphatic hydroxyl groups excluding tert-OH is 1. The number of esters is 1. The van der Waals surface area contributed by atoms with Crippen LogP contribution in [-0.2, 0) is 19.1 Å². The summed E-state index contributed by atoms with van der Waals surface area (Å²) in [6.07, 6.45) is 5.33. The molecule has 0 aromatic rings. The summed E-state index contributed by atoms with van der Waals surface area (Å²) in [5.74, 6) is -2.52. The molecule has 1 N–H and O–H groups in total. The fourth-order valence-corrected chi connectivity index (χ4v) is 8.13. The first-order valence-corrected chi connectivity index (χ1v) is 12.6. The number of aliphatic hydroxyl groups is 1. The number of fused-ring (bicyclic) bond motifs is 5. The molecule has 5 nitrogen and oxygen atoms in total. The Hall–Kier alpha value is -1.53. The van der Waals surface area contributed by atoms with Crippen molar-refractivity contribution in [2.24, 2.45) is 28.6 Å². The van der Waals surface area contributed by atoms with Gasteiger partial charge in [0.2, 0.25) is 0 Å². The van der Waals surface area contributed by atoms with Crippen molar-refractivity contribution in [3.8, 4) is 0 Å². The van der Waals surface area contributed by atoms with Crippen molar-refractivity contribution in [1.82, 2.24) is 0 Å². The Morgan fingerprint density at radius 2 is 2.00 bits per heavy atom. The number of alkyl halides is 2. The van der Waals surface area contributed by atoms with Crippen LogP contribution < -0.4 is 0 Å². The SMILES string of the molecule is CCCC(=O)O[C@]1(C(=O)CCl)[C@@H](C)CC2C3CCC4=CC(=O)C=CC4(C)[C@@]3(F)[C@@H](O)CC21C. The molecule has 3 saturated carbocycles. The minimum absolute atomic E-state index is 0.0261. The maximum absolute atomic E-state index is 17.2. The molecule has 8 atom stereocenters. The van der Waals surface area contributed by atoms with Gasteiger partial charge in [-0.05, 0) is 57.1 Å². The van der Waals surface area contributed by atoms with Gasteiger partial charge >= 0.3 is 5.97 Å². The Bertz CT molecular complexity index is 945. The fraction of sp³-hybridized carbons (Fsp3) is 0.731. The first kappa shape index (κ1) is 24.6. The Labute approximate surface area is 199 Å². The highest BCUT2D eigenvalue weighted by atomic mass is 35.5. The van der Waals surface area contributed by atoms with Gasteiger partial charge in [0, 0.05) is 29.1 Å². The number of ether oxygens (including phenoxy) is 1. The molecule has 0 amide bonds. The van der Waals surface area contributed by atoms with Gasteiger partial charge in [0.1, 0.15) is 0 Å². The third-order valence-corrected chi connectivity index (χ3v) is 9.69. The monoisotopic (exact) mass is 480 g/mol. The molecule has 0 heterocycles. The van der Waals surface area contributed by atoms with Crippen molar-refractivity contribution in [2.75, 3.05) is 5.88 Å². The van der Waals surface area contributed by atoms with Crippen LogP contribution >= 0.6 is 11.6 Å². The lowest BCUT2D eigenvalue weighted by atomic mass is 9.44. The third-order valence-electron chi connectivity index (χ3n) is 9.45. The number of carbonyl (C=O) groups excluding carboxylic acids is 3. The Morgan fingerprint density at radius 1 is 1.30 bits per heavy atom. The Kier molecular flexibility index (Phi) is 5.97. The maximum atomic E-state index is 17.2. The Morgan fingerprint density at radius 3 is 2.64 bits per heavy atom. The second-order valence-corrected chi connectivity index (χ2v) is 11.2. The molecule has 0 aliphatic heterocycles. The summed E-state index contributed by atoms with van der Waals surface area (Å²) < 4.78 is 23.2. The van der Waals surface area contributed by atoms with Crippen molar-refractivity contribution >= 4 is 29.1 Å². The van der Waals surface area contributed by atoms with E-state index in [2.05, 4.69) is 0 Å². The van der Waals surface area contributed by atoms with Crippen LogP contribution in [0.2, 0.25) is 0 Å². The predicted molar refractivity (Wildman–Crippen MR) is 122 cm³/mol. The number of ketones is 2. The molecule has 0 aromatic carbocycles. The van der Waals surface area contributed by atoms with Crippen LogP contribution in [0.25, 0.3) is 0 Å². The minimum atomic E-state index is -1.99. The smallest absolute Gasteiger partial charge is 0.306 e. The molecule has 0 radical (unpaired) electrons. The average molecular weight is 481 g/mol. The molecule has 4 aliphatic carbocycles. The summed E-state index contributed by atoms with van der Waals surface area (Å²) in [6.45, 7) is 7.35. The summed E-state index contributed by atoms with van der Waals surface area (Å²) >= 11 is 6.04. The summed E-state index contributed by atoms with van der Waals surface area (Å²) in [5.41, 5.74) is -4.84. The summed E-state index contributed by atoms with van der Waals surface area (Å²) in [5, 5.41) is 11.5. The molecule has 182 valence electrons. The van der Waals surface area contributed by atoms with E-state index in [4.69, 9.17) is 16.3 Å². The van der Waals surface area contributed by atoms with Crippen LogP contribution in [0, 0.1) is 28.6 Å². The van der Waals surface area contributed by atoms with E-state index < -0.39 is 40.1 Å². The molecular formula is C26H34ClFO5. The van der Waals surface area contributed by atoms with Crippen molar-refractivity contribution in [3.63, 3.8) is 0 Å². The first-order chi connectivity index (χ1) is 15.4. The first-order valence-electron chi connectivity index (χ1n) is 12.0. The number of halogens is 2. The molecule has 0 bridgehead atoms. The number of rotatable bonds is 5. The highest BCUT2D eigenvalue weighted by molar-refractivity contribution is 6.29. The lowest BCUT2D eigenvalue weighted by Crippen LogP contribution is -2.70. The molecule has 4 unspecified atom stereocenters. The molecule has 4 rings (SSSR count). The molecular weight excluding hydrogens is 447 g/mol. The van der Waals surface area contributed by atoms with Gasteiger partial charge in [0.15, 0.2) is 22.8 Å². The van der Waals surface area contributed by atoms with Gasteiger partial charge in [-0.25, -0.2) is 4.39 Å². The Balaban J connectivity index is 1.83. The molecule has 0 aromatic heterocycles. The quantitative estimate of drug-likeness (QED) is 0.463. The van der Waals surface area contributed by atoms with E-state index in [1.165, 1.54) is 12.2 Å². The highest BCUT2D eigenvalue weighted by Crippen LogP contribution is 2.71. The van der Waals surface area contributed by atoms with E-state index in [1.807, 2.05) is 20.8 Å². The zero-order valence-corrected chi connectivity index (χ0v) is 20.6. The van der Waals surface area contributed by atoms with Gasteiger partial charge in [-0.15, -0.1) is 11.6 Å². The lowest BCUT2D eigenvalue weighted by Gasteiger charge is -2.62. The standard InChI is InChI=1S/C26H34ClFO5/c1-5-6-22(32)33-26(21(31)14-27)15(2)11-19-18-8-7-16-12-17(29)9-10-23(16,3)25(18,28)20(30)13-24(19,26)4/h9-10,12,15,18-20,30H,5-8,11,13-14H2,1-4H3/t15-,18?,19?,20-,23?,24?,25-,26-/m0/s1. The summed E-state index contributed by atoms with van der Waals surface area (Å²) in [7, 11) is 0. The molecule has 33 heavy (non-hydrogen) atoms. The van der Waals surface area contributed by atoms with Crippen LogP contribution in [0.5, 0.6) is 0 Å². The van der Waals surface area contributed by atoms with Crippen molar-refractivity contribution in [3.05, 3.63) is 23.8 Å². The van der Waals surface area contributed by atoms with E-state index in [9.17, 15) is 19.5 Å². The van der Waals surface area contributed by atoms with E-state index in [0.717, 1.165) is 0 Å². The van der Waals surface area contributed by atoms with E-state index in [1.54, 1.807) is 13.0 Å². The normalized spacial score (nSPS) is 46.2. The van der Waals surface area contributed by atoms with Crippen LogP contribution in [0.4, 0.5) is 4.39 Å². The number of hydrogen-bond donors (Lipinski definition) is 1. The summed E-state index contributed by atoms with van der Waals surface area (Å²) in [6, 6.07) is 0. The minimum Gasteiger partial charge on any atom is -0.450 e. The number of Topliss-reactive ketones (excluding diaryl/α,β-unsaturated/α-hetero) is 1. The molecule has 0 spiro atoms. The van der Waals surface area contributed by atoms with Crippen LogP contribution in [-0.4, -0.2) is 45.9 Å². The predicted octanol–water partition coefficient (Wildman–Crippen LogP) is 4.49. The number of hydrogen-bond acceptors (Lipinski definition) is 5. The zero-order valence-electron chi connectivity index (χ0n) is 19.8. The second-order valence-electron chi connectivity index (χ2n) is 10.9. The average Bonchev–Trinajstić information content (AvgIpc) is 2.97. The fourth-order valence-electron chi connectivity index (χ4n) is 7.93. The van der Waals surface area contributed by atoms with Crippen molar-refractivity contribution in [2.45, 2.75) is 83.6 Å². The van der Waals surface area contributed by atoms with Crippen molar-refractivity contribution in [1.29, 1.82) is 0 Å². The maximum Gasteiger partial charge on any atom is 0.306 e. The molecule has 3 fully saturated rings. The van der Waals surface area contributed by atoms with Gasteiger partial charge in [-0.1, -0.05) is 32.4 Å². The van der Waals surface area contributed by atoms with E-state index in [0.29, 0.717) is 31.3 Å². The second kappa shape index (κ2) is 8.01. The number of carbonyl (C=O) groups is 3. The third kappa shape index (κ3) is 3.02. The molecule has 0 saturated heterocycles. The van der Waals surface area contributed by atoms with Gasteiger partial charge in [0.05, 0.1) is 12.0 Å². The topological polar surface area (TPSA) is 80.7 Å². The molecule has 4 aliphatic rings. The van der Waals surface area contributed by atoms with E-state index >= 15 is 4.39 Å². The van der Waals surface area contributed by atoms with E-state index in [-0.39, 0.29) is 42.1 Å². The lowest BCUT2D eigenvalue weighted by molar-refractivity contribution is -0.227. The highest BCUT2D eigenvalue weighted by Gasteiger charge is 2.77. The largest absolute Gasteiger partial charge is 0.450 e. The number of allylic oxidation sites excluding steroid dienone is 4.